The summed E-state index contributed by atoms with van der Waals surface area (Å²) < 4.78 is 21.3. The van der Waals surface area contributed by atoms with E-state index in [1.807, 2.05) is 17.0 Å². The van der Waals surface area contributed by atoms with E-state index in [0.29, 0.717) is 49.6 Å². The van der Waals surface area contributed by atoms with E-state index in [9.17, 15) is 4.79 Å². The van der Waals surface area contributed by atoms with Crippen LogP contribution in [0.3, 0.4) is 0 Å². The zero-order valence-corrected chi connectivity index (χ0v) is 14.7. The lowest BCUT2D eigenvalue weighted by Crippen LogP contribution is -2.35. The van der Waals surface area contributed by atoms with Crippen molar-refractivity contribution in [3.05, 3.63) is 35.2 Å². The minimum absolute atomic E-state index is 0.101. The predicted molar refractivity (Wildman–Crippen MR) is 90.0 cm³/mol. The molecule has 2 aromatic rings. The Bertz CT molecular complexity index is 756. The molecule has 1 amide bonds. The van der Waals surface area contributed by atoms with Crippen LogP contribution in [-0.2, 0) is 24.2 Å². The summed E-state index contributed by atoms with van der Waals surface area (Å²) in [6, 6.07) is 3.73. The number of aryl methyl sites for hydroxylation is 1. The first-order valence-corrected chi connectivity index (χ1v) is 8.16. The molecular weight excluding hydrogens is 324 g/mol. The first-order valence-electron chi connectivity index (χ1n) is 8.16. The molecular formula is C18H22N2O5. The summed E-state index contributed by atoms with van der Waals surface area (Å²) in [6.07, 6.45) is 3.36. The molecule has 0 atom stereocenters. The molecule has 0 unspecified atom stereocenters. The second kappa shape index (κ2) is 7.46. The normalized spacial score (nSPS) is 13.3. The van der Waals surface area contributed by atoms with Gasteiger partial charge in [-0.2, -0.15) is 0 Å². The lowest BCUT2D eigenvalue weighted by Gasteiger charge is -2.26. The van der Waals surface area contributed by atoms with Gasteiger partial charge in [-0.05, 0) is 18.1 Å². The third-order valence-corrected chi connectivity index (χ3v) is 4.45. The first kappa shape index (κ1) is 17.1. The Labute approximate surface area is 146 Å². The van der Waals surface area contributed by atoms with Gasteiger partial charge in [0.05, 0.1) is 34.1 Å². The molecule has 1 aromatic carbocycles. The van der Waals surface area contributed by atoms with Crippen molar-refractivity contribution >= 4 is 5.91 Å². The van der Waals surface area contributed by atoms with Gasteiger partial charge in [0.25, 0.3) is 0 Å². The van der Waals surface area contributed by atoms with E-state index >= 15 is 0 Å². The maximum absolute atomic E-state index is 12.6. The molecule has 7 heteroatoms. The van der Waals surface area contributed by atoms with Crippen LogP contribution in [-0.4, -0.2) is 43.8 Å². The van der Waals surface area contributed by atoms with E-state index in [0.717, 1.165) is 16.9 Å². The number of benzene rings is 1. The van der Waals surface area contributed by atoms with Gasteiger partial charge in [0.1, 0.15) is 5.76 Å². The van der Waals surface area contributed by atoms with Crippen molar-refractivity contribution < 1.29 is 23.5 Å². The van der Waals surface area contributed by atoms with Crippen molar-refractivity contribution in [2.45, 2.75) is 25.8 Å². The Balaban J connectivity index is 1.68. The van der Waals surface area contributed by atoms with Gasteiger partial charge in [-0.3, -0.25) is 4.79 Å². The van der Waals surface area contributed by atoms with E-state index in [-0.39, 0.29) is 5.91 Å². The van der Waals surface area contributed by atoms with E-state index in [1.165, 1.54) is 0 Å². The zero-order valence-electron chi connectivity index (χ0n) is 14.7. The first-order chi connectivity index (χ1) is 12.2. The van der Waals surface area contributed by atoms with Gasteiger partial charge in [-0.25, -0.2) is 0 Å². The largest absolute Gasteiger partial charge is 0.493 e. The van der Waals surface area contributed by atoms with Crippen LogP contribution >= 0.6 is 0 Å². The van der Waals surface area contributed by atoms with Crippen LogP contribution in [0.2, 0.25) is 0 Å². The summed E-state index contributed by atoms with van der Waals surface area (Å²) >= 11 is 0. The second-order valence-electron chi connectivity index (χ2n) is 5.83. The van der Waals surface area contributed by atoms with Crippen molar-refractivity contribution in [2.24, 2.45) is 0 Å². The molecule has 1 aliphatic heterocycles. The van der Waals surface area contributed by atoms with Gasteiger partial charge in [0, 0.05) is 24.9 Å². The SMILES string of the molecule is COc1ccc(CCC(=O)N2CCc3oncc3C2)c(OC)c1OC. The Morgan fingerprint density at radius 2 is 2.00 bits per heavy atom. The number of amides is 1. The number of aromatic nitrogens is 1. The minimum atomic E-state index is 0.101. The summed E-state index contributed by atoms with van der Waals surface area (Å²) in [5.41, 5.74) is 1.90. The Kier molecular flexibility index (Phi) is 5.11. The highest BCUT2D eigenvalue weighted by Gasteiger charge is 2.24. The molecule has 3 rings (SSSR count). The highest BCUT2D eigenvalue weighted by molar-refractivity contribution is 5.77. The quantitative estimate of drug-likeness (QED) is 0.798. The molecule has 0 radical (unpaired) electrons. The van der Waals surface area contributed by atoms with Crippen LogP contribution in [0.4, 0.5) is 0 Å². The molecule has 1 aliphatic rings. The molecule has 2 heterocycles. The summed E-state index contributed by atoms with van der Waals surface area (Å²) in [5.74, 6) is 2.73. The molecule has 0 N–H and O–H groups in total. The van der Waals surface area contributed by atoms with Crippen LogP contribution in [0.5, 0.6) is 17.2 Å². The molecule has 0 saturated carbocycles. The number of methoxy groups -OCH3 is 3. The molecule has 1 aromatic heterocycles. The molecule has 134 valence electrons. The van der Waals surface area contributed by atoms with Crippen LogP contribution in [0.25, 0.3) is 0 Å². The van der Waals surface area contributed by atoms with Crippen LogP contribution in [0, 0.1) is 0 Å². The van der Waals surface area contributed by atoms with E-state index in [4.69, 9.17) is 18.7 Å². The second-order valence-corrected chi connectivity index (χ2v) is 5.83. The van der Waals surface area contributed by atoms with E-state index < -0.39 is 0 Å². The average molecular weight is 346 g/mol. The maximum Gasteiger partial charge on any atom is 0.223 e. The Hall–Kier alpha value is -2.70. The van der Waals surface area contributed by atoms with E-state index in [2.05, 4.69) is 5.16 Å². The summed E-state index contributed by atoms with van der Waals surface area (Å²) in [7, 11) is 4.73. The predicted octanol–water partition coefficient (Wildman–Crippen LogP) is 2.22. The van der Waals surface area contributed by atoms with E-state index in [1.54, 1.807) is 27.5 Å². The smallest absolute Gasteiger partial charge is 0.223 e. The number of hydrogen-bond acceptors (Lipinski definition) is 6. The fraction of sp³-hybridized carbons (Fsp3) is 0.444. The molecule has 0 spiro atoms. The highest BCUT2D eigenvalue weighted by atomic mass is 16.5. The van der Waals surface area contributed by atoms with Gasteiger partial charge in [0.15, 0.2) is 11.5 Å². The van der Waals surface area contributed by atoms with Crippen LogP contribution in [0.1, 0.15) is 23.3 Å². The number of ether oxygens (including phenoxy) is 3. The molecule has 7 nitrogen and oxygen atoms in total. The number of rotatable bonds is 6. The third kappa shape index (κ3) is 3.40. The lowest BCUT2D eigenvalue weighted by atomic mass is 10.0. The summed E-state index contributed by atoms with van der Waals surface area (Å²) in [5, 5.41) is 3.79. The van der Waals surface area contributed by atoms with Crippen molar-refractivity contribution in [1.29, 1.82) is 0 Å². The Morgan fingerprint density at radius 1 is 1.20 bits per heavy atom. The van der Waals surface area contributed by atoms with Gasteiger partial charge in [-0.1, -0.05) is 11.2 Å². The average Bonchev–Trinajstić information content (AvgIpc) is 3.12. The fourth-order valence-electron chi connectivity index (χ4n) is 3.11. The summed E-state index contributed by atoms with van der Waals surface area (Å²) in [6.45, 7) is 1.21. The third-order valence-electron chi connectivity index (χ3n) is 4.45. The number of hydrogen-bond donors (Lipinski definition) is 0. The number of carbonyl (C=O) groups is 1. The number of fused-ring (bicyclic) bond motifs is 1. The van der Waals surface area contributed by atoms with Crippen molar-refractivity contribution in [3.63, 3.8) is 0 Å². The molecule has 0 fully saturated rings. The number of carbonyl (C=O) groups excluding carboxylic acids is 1. The van der Waals surface area contributed by atoms with Crippen molar-refractivity contribution in [2.75, 3.05) is 27.9 Å². The van der Waals surface area contributed by atoms with Crippen molar-refractivity contribution in [1.82, 2.24) is 10.1 Å². The Morgan fingerprint density at radius 3 is 2.72 bits per heavy atom. The summed E-state index contributed by atoms with van der Waals surface area (Å²) in [4.78, 5) is 14.4. The highest BCUT2D eigenvalue weighted by Crippen LogP contribution is 2.40. The molecule has 25 heavy (non-hydrogen) atoms. The zero-order chi connectivity index (χ0) is 17.8. The van der Waals surface area contributed by atoms with Gasteiger partial charge in [-0.15, -0.1) is 0 Å². The van der Waals surface area contributed by atoms with Crippen LogP contribution < -0.4 is 14.2 Å². The van der Waals surface area contributed by atoms with Gasteiger partial charge in [0.2, 0.25) is 11.7 Å². The molecule has 0 saturated heterocycles. The lowest BCUT2D eigenvalue weighted by molar-refractivity contribution is -0.132. The molecule has 0 aliphatic carbocycles. The minimum Gasteiger partial charge on any atom is -0.493 e. The fourth-order valence-corrected chi connectivity index (χ4v) is 3.11. The maximum atomic E-state index is 12.6. The molecule has 0 bridgehead atoms. The standard InChI is InChI=1S/C18H22N2O5/c1-22-15-6-4-12(17(23-2)18(15)24-3)5-7-16(21)20-9-8-14-13(11-20)10-19-25-14/h4,6,10H,5,7-9,11H2,1-3H3. The van der Waals surface area contributed by atoms with Crippen LogP contribution in [0.15, 0.2) is 22.9 Å². The van der Waals surface area contributed by atoms with Crippen molar-refractivity contribution in [3.8, 4) is 17.2 Å². The monoisotopic (exact) mass is 346 g/mol. The topological polar surface area (TPSA) is 74.0 Å². The van der Waals surface area contributed by atoms with Gasteiger partial charge >= 0.3 is 0 Å². The number of nitrogens with zero attached hydrogens (tertiary/aromatic N) is 2. The van der Waals surface area contributed by atoms with Gasteiger partial charge < -0.3 is 23.6 Å².